The third kappa shape index (κ3) is 5.32. The Morgan fingerprint density at radius 3 is 2.61 bits per heavy atom. The molecule has 0 spiro atoms. The first-order valence-electron chi connectivity index (χ1n) is 5.93. The van der Waals surface area contributed by atoms with E-state index in [1.807, 2.05) is 0 Å². The Labute approximate surface area is 138 Å². The monoisotopic (exact) mass is 420 g/mol. The number of carbonyl (C=O) groups is 1. The lowest BCUT2D eigenvalue weighted by Gasteiger charge is -2.16. The van der Waals surface area contributed by atoms with Crippen molar-refractivity contribution in [1.82, 2.24) is 9.71 Å². The van der Waals surface area contributed by atoms with E-state index < -0.39 is 34.1 Å². The molecule has 1 rings (SSSR count). The van der Waals surface area contributed by atoms with Crippen molar-refractivity contribution in [3.8, 4) is 5.88 Å². The number of carbonyl (C=O) groups excluding carboxylic acids is 1. The summed E-state index contributed by atoms with van der Waals surface area (Å²) in [6.45, 7) is 0.758. The van der Waals surface area contributed by atoms with Crippen LogP contribution in [0.25, 0.3) is 0 Å². The van der Waals surface area contributed by atoms with Gasteiger partial charge in [0.1, 0.15) is 6.61 Å². The molecule has 1 unspecified atom stereocenters. The minimum Gasteiger partial charge on any atom is -0.476 e. The largest absolute Gasteiger partial charge is 0.511 e. The topological polar surface area (TPSA) is 94.6 Å². The molecule has 1 heterocycles. The van der Waals surface area contributed by atoms with Gasteiger partial charge in [0.25, 0.3) is 0 Å². The van der Waals surface area contributed by atoms with E-state index in [4.69, 9.17) is 4.74 Å². The zero-order chi connectivity index (χ0) is 17.8. The fourth-order valence-electron chi connectivity index (χ4n) is 1.34. The minimum absolute atomic E-state index is 0.0772. The van der Waals surface area contributed by atoms with Crippen LogP contribution in [0.1, 0.15) is 17.3 Å². The first-order valence-corrected chi connectivity index (χ1v) is 8.21. The number of alkyl halides is 3. The molecule has 130 valence electrons. The molecule has 0 saturated carbocycles. The van der Waals surface area contributed by atoms with Crippen LogP contribution in [0.2, 0.25) is 0 Å². The maximum atomic E-state index is 12.2. The lowest BCUT2D eigenvalue weighted by molar-refractivity contribution is -0.0451. The zero-order valence-electron chi connectivity index (χ0n) is 11.8. The van der Waals surface area contributed by atoms with Crippen LogP contribution in [0.15, 0.2) is 16.7 Å². The summed E-state index contributed by atoms with van der Waals surface area (Å²) in [4.78, 5) is 15.3. The minimum atomic E-state index is -5.47. The van der Waals surface area contributed by atoms with Crippen molar-refractivity contribution >= 4 is 31.9 Å². The number of pyridine rings is 1. The van der Waals surface area contributed by atoms with Crippen molar-refractivity contribution in [2.45, 2.75) is 18.5 Å². The SMILES string of the molecule is COC(=O)c1cc(OCC(C)NS(=O)(=O)C(F)(F)F)ncc1Br. The van der Waals surface area contributed by atoms with Crippen molar-refractivity contribution in [3.63, 3.8) is 0 Å². The zero-order valence-corrected chi connectivity index (χ0v) is 14.3. The van der Waals surface area contributed by atoms with Crippen LogP contribution < -0.4 is 9.46 Å². The molecule has 0 aliphatic rings. The summed E-state index contributed by atoms with van der Waals surface area (Å²) < 4.78 is 69.9. The Bertz CT molecular complexity index is 681. The number of ether oxygens (including phenoxy) is 2. The second kappa shape index (κ2) is 7.45. The molecule has 0 amide bonds. The third-order valence-electron chi connectivity index (χ3n) is 2.38. The summed E-state index contributed by atoms with van der Waals surface area (Å²) in [5, 5.41) is 0. The molecule has 0 bridgehead atoms. The molecule has 0 radical (unpaired) electrons. The van der Waals surface area contributed by atoms with Crippen molar-refractivity contribution < 1.29 is 35.9 Å². The van der Waals surface area contributed by atoms with Gasteiger partial charge in [0, 0.05) is 12.3 Å². The van der Waals surface area contributed by atoms with Crippen LogP contribution in [0.3, 0.4) is 0 Å². The molecular weight excluding hydrogens is 409 g/mol. The predicted molar refractivity (Wildman–Crippen MR) is 76.3 cm³/mol. The number of rotatable bonds is 6. The van der Waals surface area contributed by atoms with E-state index in [-0.39, 0.29) is 11.4 Å². The quantitative estimate of drug-likeness (QED) is 0.705. The van der Waals surface area contributed by atoms with E-state index in [0.717, 1.165) is 0 Å². The van der Waals surface area contributed by atoms with Gasteiger partial charge in [0.15, 0.2) is 0 Å². The summed E-state index contributed by atoms with van der Waals surface area (Å²) in [5.74, 6) is -0.749. The predicted octanol–water partition coefficient (Wildman–Crippen LogP) is 1.84. The first-order chi connectivity index (χ1) is 10.5. The molecule has 0 fully saturated rings. The second-order valence-corrected chi connectivity index (χ2v) is 6.83. The van der Waals surface area contributed by atoms with E-state index in [9.17, 15) is 26.4 Å². The molecule has 1 aromatic rings. The van der Waals surface area contributed by atoms with E-state index >= 15 is 0 Å². The third-order valence-corrected chi connectivity index (χ3v) is 4.33. The fraction of sp³-hybridized carbons (Fsp3) is 0.455. The molecule has 0 aromatic carbocycles. The van der Waals surface area contributed by atoms with Crippen molar-refractivity contribution in [1.29, 1.82) is 0 Å². The van der Waals surface area contributed by atoms with E-state index in [0.29, 0.717) is 4.47 Å². The lowest BCUT2D eigenvalue weighted by atomic mass is 10.3. The molecule has 7 nitrogen and oxygen atoms in total. The summed E-state index contributed by atoms with van der Waals surface area (Å²) >= 11 is 3.08. The van der Waals surface area contributed by atoms with Gasteiger partial charge in [0.2, 0.25) is 5.88 Å². The number of methoxy groups -OCH3 is 1. The van der Waals surface area contributed by atoms with Crippen LogP contribution in [0.5, 0.6) is 5.88 Å². The fourth-order valence-corrected chi connectivity index (χ4v) is 2.45. The van der Waals surface area contributed by atoms with E-state index in [1.54, 1.807) is 0 Å². The highest BCUT2D eigenvalue weighted by atomic mass is 79.9. The van der Waals surface area contributed by atoms with Crippen LogP contribution >= 0.6 is 15.9 Å². The summed E-state index contributed by atoms with van der Waals surface area (Å²) in [6, 6.07) is 0.0367. The van der Waals surface area contributed by atoms with Crippen molar-refractivity contribution in [2.75, 3.05) is 13.7 Å². The highest BCUT2D eigenvalue weighted by molar-refractivity contribution is 9.10. The first kappa shape index (κ1) is 19.6. The Hall–Kier alpha value is -1.40. The van der Waals surface area contributed by atoms with Crippen LogP contribution in [0, 0.1) is 0 Å². The molecule has 0 aliphatic heterocycles. The normalized spacial score (nSPS) is 13.5. The van der Waals surface area contributed by atoms with Gasteiger partial charge in [-0.25, -0.2) is 22.9 Å². The maximum absolute atomic E-state index is 12.2. The molecule has 0 aliphatic carbocycles. The second-order valence-electron chi connectivity index (χ2n) is 4.27. The Balaban J connectivity index is 2.74. The average molecular weight is 421 g/mol. The molecular formula is C11H12BrF3N2O5S. The van der Waals surface area contributed by atoms with Gasteiger partial charge in [-0.1, -0.05) is 0 Å². The van der Waals surface area contributed by atoms with Gasteiger partial charge in [-0.05, 0) is 22.9 Å². The Morgan fingerprint density at radius 2 is 2.09 bits per heavy atom. The van der Waals surface area contributed by atoms with Gasteiger partial charge in [-0.15, -0.1) is 0 Å². The maximum Gasteiger partial charge on any atom is 0.511 e. The smallest absolute Gasteiger partial charge is 0.476 e. The van der Waals surface area contributed by atoms with Crippen LogP contribution in [0.4, 0.5) is 13.2 Å². The molecule has 1 aromatic heterocycles. The van der Waals surface area contributed by atoms with Gasteiger partial charge in [0.05, 0.1) is 23.2 Å². The van der Waals surface area contributed by atoms with E-state index in [1.165, 1.54) is 31.0 Å². The molecule has 1 atom stereocenters. The number of halogens is 4. The van der Waals surface area contributed by atoms with Crippen molar-refractivity contribution in [2.24, 2.45) is 0 Å². The van der Waals surface area contributed by atoms with E-state index in [2.05, 4.69) is 25.7 Å². The summed E-state index contributed by atoms with van der Waals surface area (Å²) in [6.07, 6.45) is 1.24. The highest BCUT2D eigenvalue weighted by Gasteiger charge is 2.46. The number of hydrogen-bond acceptors (Lipinski definition) is 6. The van der Waals surface area contributed by atoms with Crippen molar-refractivity contribution in [3.05, 3.63) is 22.3 Å². The number of hydrogen-bond donors (Lipinski definition) is 1. The molecule has 12 heteroatoms. The summed E-state index contributed by atoms with van der Waals surface area (Å²) in [5.41, 5.74) is -5.31. The van der Waals surface area contributed by atoms with Gasteiger partial charge >= 0.3 is 21.5 Å². The number of nitrogens with zero attached hydrogens (tertiary/aromatic N) is 1. The number of aromatic nitrogens is 1. The standard InChI is InChI=1S/C11H12BrF3N2O5S/c1-6(17-23(19,20)11(13,14)15)5-22-9-3-7(10(18)21-2)8(12)4-16-9/h3-4,6,17H,5H2,1-2H3. The highest BCUT2D eigenvalue weighted by Crippen LogP contribution is 2.23. The van der Waals surface area contributed by atoms with Gasteiger partial charge < -0.3 is 9.47 Å². The average Bonchev–Trinajstić information content (AvgIpc) is 2.44. The number of nitrogens with one attached hydrogen (secondary N) is 1. The molecule has 0 saturated heterocycles. The lowest BCUT2D eigenvalue weighted by Crippen LogP contribution is -2.43. The van der Waals surface area contributed by atoms with Crippen LogP contribution in [-0.2, 0) is 14.8 Å². The Morgan fingerprint density at radius 1 is 1.48 bits per heavy atom. The van der Waals surface area contributed by atoms with Gasteiger partial charge in [-0.3, -0.25) is 0 Å². The number of esters is 1. The van der Waals surface area contributed by atoms with Crippen LogP contribution in [-0.4, -0.2) is 44.6 Å². The number of sulfonamides is 1. The molecule has 1 N–H and O–H groups in total. The molecule has 23 heavy (non-hydrogen) atoms. The summed E-state index contributed by atoms with van der Waals surface area (Å²) in [7, 11) is -4.30. The Kier molecular flexibility index (Phi) is 6.36. The van der Waals surface area contributed by atoms with Gasteiger partial charge in [-0.2, -0.15) is 13.2 Å².